The Bertz CT molecular complexity index is 4730. The van der Waals surface area contributed by atoms with E-state index in [0.717, 1.165) is 64.2 Å². The number of urea groups is 3. The third-order valence-electron chi connectivity index (χ3n) is 30.7. The Labute approximate surface area is 821 Å². The number of rotatable bonds is 41. The molecule has 0 radical (unpaired) electrons. The number of carbonyl (C=O) groups is 18. The van der Waals surface area contributed by atoms with Gasteiger partial charge < -0.3 is 93.5 Å². The Balaban J connectivity index is 0.000000216. The number of nitrogens with two attached hydrogens (primary N) is 2. The number of esters is 3. The topological polar surface area (TPSA) is 517 Å². The van der Waals surface area contributed by atoms with Gasteiger partial charge in [0.25, 0.3) is 17.7 Å². The second kappa shape index (κ2) is 42.5. The highest BCUT2D eigenvalue weighted by Gasteiger charge is 2.74. The number of nitrogens with one attached hydrogen (secondary N) is 10. The van der Waals surface area contributed by atoms with Gasteiger partial charge in [-0.2, -0.15) is 13.2 Å². The number of nitrogens with zero attached hydrogens (tertiary/aromatic N) is 3. The van der Waals surface area contributed by atoms with Crippen LogP contribution in [0.4, 0.5) is 27.6 Å². The fraction of sp³-hybridized carbons (Fsp3) is 0.802. The highest BCUT2D eigenvalue weighted by atomic mass is 19.4. The van der Waals surface area contributed by atoms with E-state index in [2.05, 4.69) is 59.7 Å². The Kier molecular flexibility index (Phi) is 34.0. The van der Waals surface area contributed by atoms with Crippen molar-refractivity contribution in [2.45, 2.75) is 360 Å². The molecule has 4 unspecified atom stereocenters. The van der Waals surface area contributed by atoms with Crippen LogP contribution in [-0.2, 0) is 86.1 Å². The van der Waals surface area contributed by atoms with Crippen molar-refractivity contribution in [3.8, 4) is 0 Å². The van der Waals surface area contributed by atoms with Gasteiger partial charge in [0.1, 0.15) is 60.5 Å². The van der Waals surface area contributed by atoms with Crippen LogP contribution in [0, 0.1) is 114 Å². The molecule has 3 heterocycles. The first-order chi connectivity index (χ1) is 64.5. The van der Waals surface area contributed by atoms with Crippen LogP contribution in [0.25, 0.3) is 0 Å². The number of Topliss-reactive ketones (excluding diaryl/α,β-unsaturated/α-hetero) is 3. The van der Waals surface area contributed by atoms with E-state index in [9.17, 15) is 99.5 Å². The first-order valence-corrected chi connectivity index (χ1v) is 50.3. The van der Waals surface area contributed by atoms with Crippen LogP contribution in [-0.4, -0.2) is 245 Å². The molecule has 12 fully saturated rings. The molecule has 12 aliphatic rings. The second-order valence-corrected chi connectivity index (χ2v) is 49.4. The van der Waals surface area contributed by atoms with Crippen LogP contribution in [0.15, 0.2) is 12.7 Å². The van der Waals surface area contributed by atoms with E-state index in [0.29, 0.717) is 63.6 Å². The predicted octanol–water partition coefficient (Wildman–Crippen LogP) is 7.95. The minimum atomic E-state index is -4.78. The smallest absolute Gasteiger partial charge is 0.397 e. The number of fused-ring (bicyclic) bond motifs is 3. The molecule has 3 aliphatic heterocycles. The first-order valence-electron chi connectivity index (χ1n) is 50.3. The lowest BCUT2D eigenvalue weighted by Gasteiger charge is -2.38. The number of hydrogen-bond acceptors (Lipinski definition) is 21. The van der Waals surface area contributed by atoms with Crippen LogP contribution in [0.5, 0.6) is 0 Å². The van der Waals surface area contributed by atoms with E-state index in [4.69, 9.17) is 25.7 Å². The SMILES string of the molecule is C=CCNC(=O)C(=O)C(CCC)NC(=O)[C@@H]1[C@@H]2[C@H](CN1C(=O)[C@@H](NC(=O)N[C@H](C(=O)OCC1CC1)C1(C(F)(F)F)CC1)C(C)(C)C)C2(C)C.CC(C)(C)C[C@H](NC(=O)N[C@H](C(=O)N1C[C@H]2[C@@H]([C@H]1C(=O)NC(CC1CC1)C(=O)C(N)=O)C2(C)C)C(C)(C)C)C(=O)OCC1CC1.CC(OC(=O)[C@H](CC(C)(C)C)NC(=O)N[C@H](C(=O)N1C[C@H]2[C@@H]([C@H]1C(=O)NC(CC1CC1)C(=O)C(N)=O)C2(C)C)C(C)(C)C)C1CC1. The molecule has 19 atom stereocenters. The number of amides is 15. The molecule has 784 valence electrons. The summed E-state index contributed by atoms with van der Waals surface area (Å²) in [4.78, 5) is 242. The van der Waals surface area contributed by atoms with Gasteiger partial charge in [0.15, 0.2) is 0 Å². The second-order valence-electron chi connectivity index (χ2n) is 49.4. The molecular weight excluding hydrogens is 1820 g/mol. The lowest BCUT2D eigenvalue weighted by molar-refractivity contribution is -0.202. The fourth-order valence-electron chi connectivity index (χ4n) is 20.8. The number of primary amides is 2. The van der Waals surface area contributed by atoms with E-state index in [-0.39, 0.29) is 125 Å². The van der Waals surface area contributed by atoms with Gasteiger partial charge in [0.2, 0.25) is 52.8 Å². The summed E-state index contributed by atoms with van der Waals surface area (Å²) in [7, 11) is 0. The highest BCUT2D eigenvalue weighted by Crippen LogP contribution is 2.68. The maximum absolute atomic E-state index is 14.3. The number of ketones is 3. The van der Waals surface area contributed by atoms with Gasteiger partial charge in [0, 0.05) is 26.2 Å². The van der Waals surface area contributed by atoms with Gasteiger partial charge >= 0.3 is 42.2 Å². The summed E-state index contributed by atoms with van der Waals surface area (Å²) >= 11 is 0. The van der Waals surface area contributed by atoms with Gasteiger partial charge in [-0.1, -0.05) is 191 Å². The van der Waals surface area contributed by atoms with E-state index >= 15 is 0 Å². The molecule has 9 saturated carbocycles. The first kappa shape index (κ1) is 112. The molecule has 3 saturated heterocycles. The summed E-state index contributed by atoms with van der Waals surface area (Å²) < 4.78 is 58.8. The minimum absolute atomic E-state index is 0.0308. The number of carbonyl (C=O) groups excluding carboxylic acids is 18. The number of halogens is 3. The summed E-state index contributed by atoms with van der Waals surface area (Å²) in [5.74, 6) is -10.1. The predicted molar refractivity (Wildman–Crippen MR) is 508 cm³/mol. The Morgan fingerprint density at radius 1 is 0.429 bits per heavy atom. The number of ether oxygens (including phenoxy) is 3. The lowest BCUT2D eigenvalue weighted by atomic mass is 9.85. The number of likely N-dealkylation sites (tertiary alicyclic amines) is 3. The van der Waals surface area contributed by atoms with Crippen LogP contribution in [0.3, 0.4) is 0 Å². The van der Waals surface area contributed by atoms with Gasteiger partial charge in [-0.3, -0.25) is 57.5 Å². The molecule has 36 nitrogen and oxygen atoms in total. The Morgan fingerprint density at radius 2 is 0.757 bits per heavy atom. The fourth-order valence-corrected chi connectivity index (χ4v) is 20.8. The molecule has 140 heavy (non-hydrogen) atoms. The van der Waals surface area contributed by atoms with Crippen molar-refractivity contribution >= 4 is 107 Å². The van der Waals surface area contributed by atoms with Gasteiger partial charge in [-0.25, -0.2) is 28.8 Å². The molecule has 14 N–H and O–H groups in total. The van der Waals surface area contributed by atoms with E-state index < -0.39 is 207 Å². The average molecular weight is 1980 g/mol. The van der Waals surface area contributed by atoms with Crippen molar-refractivity contribution in [1.82, 2.24) is 67.9 Å². The molecule has 0 aromatic carbocycles. The van der Waals surface area contributed by atoms with Crippen LogP contribution in [0.2, 0.25) is 0 Å². The van der Waals surface area contributed by atoms with Crippen LogP contribution in [0.1, 0.15) is 275 Å². The zero-order valence-electron chi connectivity index (χ0n) is 86.3. The quantitative estimate of drug-likeness (QED) is 0.0119. The zero-order chi connectivity index (χ0) is 105. The molecular formula is C101H158F3N15O21. The minimum Gasteiger partial charge on any atom is -0.464 e. The largest absolute Gasteiger partial charge is 0.464 e. The van der Waals surface area contributed by atoms with Crippen molar-refractivity contribution in [3.05, 3.63) is 12.7 Å². The average Bonchev–Trinajstić information content (AvgIpc) is 1.53. The molecule has 39 heteroatoms. The number of piperidine rings is 3. The third-order valence-corrected chi connectivity index (χ3v) is 30.7. The van der Waals surface area contributed by atoms with Crippen LogP contribution < -0.4 is 64.6 Å². The van der Waals surface area contributed by atoms with Crippen molar-refractivity contribution in [1.29, 1.82) is 0 Å². The monoisotopic (exact) mass is 1970 g/mol. The molecule has 0 spiro atoms. The Hall–Kier alpha value is -10.0. The number of alkyl halides is 3. The summed E-state index contributed by atoms with van der Waals surface area (Å²) in [6.07, 6.45) is 7.03. The summed E-state index contributed by atoms with van der Waals surface area (Å²) in [5.41, 5.74) is 4.36. The van der Waals surface area contributed by atoms with Crippen LogP contribution >= 0.6 is 0 Å². The van der Waals surface area contributed by atoms with E-state index in [1.165, 1.54) is 20.8 Å². The number of hydrogen-bond donors (Lipinski definition) is 12. The van der Waals surface area contributed by atoms with Crippen molar-refractivity contribution in [3.63, 3.8) is 0 Å². The van der Waals surface area contributed by atoms with Crippen molar-refractivity contribution in [2.75, 3.05) is 39.4 Å². The molecule has 0 aromatic rings. The summed E-state index contributed by atoms with van der Waals surface area (Å²) in [6, 6.07) is -15.7. The molecule has 9 aliphatic carbocycles. The zero-order valence-corrected chi connectivity index (χ0v) is 86.3. The maximum atomic E-state index is 14.3. The van der Waals surface area contributed by atoms with E-state index in [1.807, 2.05) is 132 Å². The van der Waals surface area contributed by atoms with E-state index in [1.54, 1.807) is 27.7 Å². The highest BCUT2D eigenvalue weighted by molar-refractivity contribution is 6.39. The van der Waals surface area contributed by atoms with Crippen molar-refractivity contribution < 1.29 is 114 Å². The molecule has 0 bridgehead atoms. The molecule has 0 aromatic heterocycles. The van der Waals surface area contributed by atoms with Crippen molar-refractivity contribution in [2.24, 2.45) is 125 Å². The van der Waals surface area contributed by atoms with Gasteiger partial charge in [-0.15, -0.1) is 6.58 Å². The third kappa shape index (κ3) is 27.9. The van der Waals surface area contributed by atoms with Gasteiger partial charge in [-0.05, 0) is 199 Å². The standard InChI is InChI=1S/C34H50F3N5O7.C34H55N5O7.C33H53N5O7/c1-8-10-20(23(43)27(45)38-15-9-2)39-26(44)22-21-19(32(21,6)7)16-42(22)28(46)24(31(3,4)5)40-30(48)41-25(29(47)49-17-18-11-12-18)33(13-14-33)34(35,36)37;1-17(19-12-13-19)46-30(44)22(15-32(2,3)4)37-31(45)38-26(33(5,6)7)29(43)39-16-20-23(34(20,8)9)24(39)28(42)36-21(14-18-10-11-18)25(40)27(35)41;1-31(2,3)14-21(29(43)45-16-18-11-12-18)36-30(44)37-25(32(4,5)6)28(42)38-15-19-22(33(19,7)8)23(38)27(41)35-20(13-17-9-10-17)24(39)26(34)40/h9,18-22,24-25H,2,8,10-17H2,1,3-7H3,(H,38,45)(H,39,44)(H2,40,41,48);17-24,26H,10-16H2,1-9H3,(H2,35,41)(H,36,42)(H2,37,38,45);17-23,25H,9-16H2,1-8H3,(H2,34,40)(H,35,41)(H2,36,37,44)/t19-,20?,21-,22-,24+,25+;17?,20-,21?,22-,23-,24-,26+;19-,20?,21-,22-,23-,25+/m000/s1. The summed E-state index contributed by atoms with van der Waals surface area (Å²) in [6.45, 7) is 48.1. The van der Waals surface area contributed by atoms with Gasteiger partial charge in [0.05, 0.1) is 36.8 Å². The Morgan fingerprint density at radius 3 is 1.05 bits per heavy atom. The maximum Gasteiger partial charge on any atom is 0.397 e. The lowest BCUT2D eigenvalue weighted by Crippen LogP contribution is -2.63. The summed E-state index contributed by atoms with van der Waals surface area (Å²) in [5, 5.41) is 26.5. The molecule has 12 rings (SSSR count). The molecule has 15 amide bonds. The normalized spacial score (nSPS) is 25.6.